The zero-order valence-electron chi connectivity index (χ0n) is 6.40. The molecule has 0 aliphatic carbocycles. The standard InChI is InChI=1S/C5H8N2.3H2O.Ru/c1-6-3-4-7(2)5-6;;;;/h3-4H,1-2H3;3*1H2;/q;;;;+1. The van der Waals surface area contributed by atoms with Gasteiger partial charge in [0.1, 0.15) is 0 Å². The van der Waals surface area contributed by atoms with Crippen molar-refractivity contribution in [3.8, 4) is 0 Å². The largest absolute Gasteiger partial charge is 1.00 e. The van der Waals surface area contributed by atoms with E-state index in [9.17, 15) is 0 Å². The molecule has 5 nitrogen and oxygen atoms in total. The van der Waals surface area contributed by atoms with Crippen molar-refractivity contribution in [3.63, 3.8) is 0 Å². The SMILES string of the molecule is Cn1[c-][n+](C)cc1.O.O.O.[Ru+]. The van der Waals surface area contributed by atoms with Crippen LogP contribution in [-0.2, 0) is 33.6 Å². The summed E-state index contributed by atoms with van der Waals surface area (Å²) < 4.78 is 3.75. The first-order valence-corrected chi connectivity index (χ1v) is 2.19. The van der Waals surface area contributed by atoms with Gasteiger partial charge in [0.25, 0.3) is 0 Å². The molecule has 0 atom stereocenters. The van der Waals surface area contributed by atoms with E-state index in [-0.39, 0.29) is 35.9 Å². The average molecular weight is 251 g/mol. The van der Waals surface area contributed by atoms with E-state index in [4.69, 9.17) is 0 Å². The minimum atomic E-state index is 0. The molecule has 1 aromatic rings. The molecule has 1 heterocycles. The van der Waals surface area contributed by atoms with Crippen LogP contribution in [0.25, 0.3) is 0 Å². The van der Waals surface area contributed by atoms with Gasteiger partial charge in [-0.05, 0) is 12.4 Å². The quantitative estimate of drug-likeness (QED) is 0.269. The average Bonchev–Trinajstić information content (AvgIpc) is 1.87. The molecule has 1 radical (unpaired) electrons. The summed E-state index contributed by atoms with van der Waals surface area (Å²) in [6.07, 6.45) is 6.86. The minimum Gasteiger partial charge on any atom is -0.412 e. The maximum atomic E-state index is 2.97. The minimum absolute atomic E-state index is 0. The topological polar surface area (TPSA) is 103 Å². The molecular weight excluding hydrogens is 237 g/mol. The van der Waals surface area contributed by atoms with E-state index < -0.39 is 0 Å². The third-order valence-corrected chi connectivity index (χ3v) is 0.829. The Labute approximate surface area is 78.3 Å². The summed E-state index contributed by atoms with van der Waals surface area (Å²) in [6, 6.07) is 0. The molecule has 0 saturated carbocycles. The molecule has 0 aliphatic heterocycles. The van der Waals surface area contributed by atoms with E-state index in [1.54, 1.807) is 0 Å². The predicted octanol–water partition coefficient (Wildman–Crippen LogP) is -2.83. The van der Waals surface area contributed by atoms with Crippen molar-refractivity contribution in [2.45, 2.75) is 0 Å². The molecule has 0 fully saturated rings. The van der Waals surface area contributed by atoms with E-state index in [1.165, 1.54) is 0 Å². The second kappa shape index (κ2) is 9.71. The van der Waals surface area contributed by atoms with E-state index in [0.29, 0.717) is 0 Å². The Morgan fingerprint density at radius 3 is 1.82 bits per heavy atom. The molecule has 0 unspecified atom stereocenters. The molecule has 11 heavy (non-hydrogen) atoms. The van der Waals surface area contributed by atoms with Crippen LogP contribution in [0.15, 0.2) is 12.4 Å². The molecule has 69 valence electrons. The Balaban J connectivity index is -0.0000000612. The molecule has 0 amide bonds. The van der Waals surface area contributed by atoms with Crippen LogP contribution >= 0.6 is 0 Å². The fourth-order valence-electron chi connectivity index (χ4n) is 0.515. The van der Waals surface area contributed by atoms with Crippen LogP contribution in [0.1, 0.15) is 0 Å². The van der Waals surface area contributed by atoms with Gasteiger partial charge in [0.05, 0.1) is 14.1 Å². The van der Waals surface area contributed by atoms with Crippen LogP contribution in [0.4, 0.5) is 0 Å². The summed E-state index contributed by atoms with van der Waals surface area (Å²) in [5.74, 6) is 0. The maximum Gasteiger partial charge on any atom is 1.00 e. The van der Waals surface area contributed by atoms with Gasteiger partial charge in [0, 0.05) is 0 Å². The van der Waals surface area contributed by atoms with Gasteiger partial charge in [0.15, 0.2) is 0 Å². The van der Waals surface area contributed by atoms with E-state index in [0.717, 1.165) is 0 Å². The van der Waals surface area contributed by atoms with Crippen LogP contribution in [-0.4, -0.2) is 21.0 Å². The van der Waals surface area contributed by atoms with Crippen molar-refractivity contribution in [3.05, 3.63) is 18.7 Å². The zero-order chi connectivity index (χ0) is 5.28. The van der Waals surface area contributed by atoms with Crippen molar-refractivity contribution in [1.82, 2.24) is 4.57 Å². The smallest absolute Gasteiger partial charge is 0.412 e. The number of hydrogen-bond acceptors (Lipinski definition) is 0. The fraction of sp³-hybridized carbons (Fsp3) is 0.400. The molecular formula is C5H14N2O3Ru+. The monoisotopic (exact) mass is 252 g/mol. The third-order valence-electron chi connectivity index (χ3n) is 0.829. The van der Waals surface area contributed by atoms with Gasteiger partial charge in [0.2, 0.25) is 6.33 Å². The summed E-state index contributed by atoms with van der Waals surface area (Å²) in [4.78, 5) is 0. The summed E-state index contributed by atoms with van der Waals surface area (Å²) >= 11 is 0. The molecule has 0 aliphatic rings. The second-order valence-corrected chi connectivity index (χ2v) is 1.62. The zero-order valence-corrected chi connectivity index (χ0v) is 8.14. The van der Waals surface area contributed by atoms with Gasteiger partial charge in [-0.25, -0.2) is 0 Å². The van der Waals surface area contributed by atoms with Crippen LogP contribution in [0.2, 0.25) is 0 Å². The Morgan fingerprint density at radius 1 is 1.27 bits per heavy atom. The van der Waals surface area contributed by atoms with Crippen molar-refractivity contribution in [1.29, 1.82) is 0 Å². The summed E-state index contributed by atoms with van der Waals surface area (Å²) in [5, 5.41) is 0. The van der Waals surface area contributed by atoms with Crippen LogP contribution in [0.5, 0.6) is 0 Å². The Kier molecular flexibility index (Phi) is 19.8. The first-order valence-electron chi connectivity index (χ1n) is 2.19. The molecule has 0 saturated heterocycles. The van der Waals surface area contributed by atoms with E-state index in [1.807, 2.05) is 35.6 Å². The molecule has 6 N–H and O–H groups in total. The van der Waals surface area contributed by atoms with Gasteiger partial charge in [-0.3, -0.25) is 0 Å². The molecule has 0 bridgehead atoms. The molecule has 6 heteroatoms. The van der Waals surface area contributed by atoms with Gasteiger partial charge in [-0.1, -0.05) is 0 Å². The Hall–Kier alpha value is -0.287. The first-order chi connectivity index (χ1) is 3.29. The second-order valence-electron chi connectivity index (χ2n) is 1.62. The molecule has 1 rings (SSSR count). The summed E-state index contributed by atoms with van der Waals surface area (Å²) in [6.45, 7) is 0. The maximum absolute atomic E-state index is 2.97. The number of aromatic nitrogens is 2. The number of aryl methyl sites for hydroxylation is 2. The van der Waals surface area contributed by atoms with Crippen molar-refractivity contribution < 1.29 is 40.5 Å². The number of imidazole rings is 1. The fourth-order valence-corrected chi connectivity index (χ4v) is 0.515. The van der Waals surface area contributed by atoms with Crippen LogP contribution in [0.3, 0.4) is 0 Å². The third kappa shape index (κ3) is 7.61. The molecule has 0 aromatic carbocycles. The number of nitrogens with zero attached hydrogens (tertiary/aromatic N) is 2. The first kappa shape index (κ1) is 22.4. The van der Waals surface area contributed by atoms with Gasteiger partial charge < -0.3 is 25.6 Å². The predicted molar refractivity (Wildman–Crippen MR) is 36.3 cm³/mol. The number of rotatable bonds is 0. The van der Waals surface area contributed by atoms with Crippen LogP contribution in [0, 0.1) is 6.33 Å². The normalized spacial score (nSPS) is 6.00. The van der Waals surface area contributed by atoms with E-state index >= 15 is 0 Å². The number of hydrogen-bond donors (Lipinski definition) is 0. The molecule has 1 aromatic heterocycles. The Morgan fingerprint density at radius 2 is 1.73 bits per heavy atom. The van der Waals surface area contributed by atoms with Crippen molar-refractivity contribution in [2.75, 3.05) is 0 Å². The van der Waals surface area contributed by atoms with Gasteiger partial charge in [-0.2, -0.15) is 0 Å². The Bertz CT molecular complexity index is 152. The van der Waals surface area contributed by atoms with Crippen molar-refractivity contribution in [2.24, 2.45) is 14.1 Å². The van der Waals surface area contributed by atoms with Gasteiger partial charge >= 0.3 is 19.5 Å². The molecule has 0 spiro atoms. The van der Waals surface area contributed by atoms with Crippen LogP contribution < -0.4 is 4.57 Å². The summed E-state index contributed by atoms with van der Waals surface area (Å²) in [7, 11) is 3.89. The van der Waals surface area contributed by atoms with E-state index in [2.05, 4.69) is 6.33 Å². The summed E-state index contributed by atoms with van der Waals surface area (Å²) in [5.41, 5.74) is 0. The van der Waals surface area contributed by atoms with Crippen molar-refractivity contribution >= 4 is 0 Å². The van der Waals surface area contributed by atoms with Gasteiger partial charge in [-0.15, -0.1) is 0 Å².